The first-order valence-corrected chi connectivity index (χ1v) is 8.94. The highest BCUT2D eigenvalue weighted by Crippen LogP contribution is 2.33. The number of carbonyl (C=O) groups is 1. The number of hydrogen-bond donors (Lipinski definition) is 1. The molecule has 27 heavy (non-hydrogen) atoms. The summed E-state index contributed by atoms with van der Waals surface area (Å²) in [5.74, 6) is 1.15. The van der Waals surface area contributed by atoms with Gasteiger partial charge in [-0.15, -0.1) is 0 Å². The molecule has 1 aliphatic rings. The lowest BCUT2D eigenvalue weighted by molar-refractivity contribution is 0.102. The van der Waals surface area contributed by atoms with Gasteiger partial charge in [-0.1, -0.05) is 30.3 Å². The fraction of sp³-hybridized carbons (Fsp3) is 0.182. The molecule has 0 unspecified atom stereocenters. The number of hydrogen-bond acceptors (Lipinski definition) is 4. The van der Waals surface area contributed by atoms with Crippen LogP contribution in [0.4, 0.5) is 17.2 Å². The van der Waals surface area contributed by atoms with E-state index in [1.54, 1.807) is 13.2 Å². The van der Waals surface area contributed by atoms with Gasteiger partial charge in [-0.3, -0.25) is 4.79 Å². The highest BCUT2D eigenvalue weighted by atomic mass is 16.5. The van der Waals surface area contributed by atoms with E-state index in [4.69, 9.17) is 4.74 Å². The van der Waals surface area contributed by atoms with E-state index in [0.717, 1.165) is 30.0 Å². The van der Waals surface area contributed by atoms with E-state index < -0.39 is 0 Å². The summed E-state index contributed by atoms with van der Waals surface area (Å²) in [7, 11) is 1.59. The second-order valence-corrected chi connectivity index (χ2v) is 6.57. The third kappa shape index (κ3) is 3.36. The highest BCUT2D eigenvalue weighted by molar-refractivity contribution is 6.04. The van der Waals surface area contributed by atoms with Gasteiger partial charge in [0.15, 0.2) is 0 Å². The van der Waals surface area contributed by atoms with E-state index in [2.05, 4.69) is 33.4 Å². The Morgan fingerprint density at radius 1 is 1.11 bits per heavy atom. The molecular weight excluding hydrogens is 338 g/mol. The molecule has 0 atom stereocenters. The molecule has 1 aliphatic heterocycles. The van der Waals surface area contributed by atoms with Gasteiger partial charge in [-0.25, -0.2) is 4.98 Å². The van der Waals surface area contributed by atoms with E-state index in [1.807, 2.05) is 43.3 Å². The minimum atomic E-state index is -0.256. The standard InChI is InChI=1S/C22H21N3O2/c1-15-10-11-20(27-2)18(14-15)24-22(26)17-7-5-9-21(23-17)25-13-12-16-6-3-4-8-19(16)25/h3-11,14H,12-13H2,1-2H3,(H,24,26). The third-order valence-corrected chi connectivity index (χ3v) is 4.73. The lowest BCUT2D eigenvalue weighted by Gasteiger charge is -2.19. The van der Waals surface area contributed by atoms with Crippen molar-refractivity contribution in [2.24, 2.45) is 0 Å². The molecule has 0 fully saturated rings. The normalized spacial score (nSPS) is 12.6. The van der Waals surface area contributed by atoms with Gasteiger partial charge in [0, 0.05) is 12.2 Å². The molecule has 0 spiro atoms. The SMILES string of the molecule is COc1ccc(C)cc1NC(=O)c1cccc(N2CCc3ccccc32)n1. The van der Waals surface area contributed by atoms with E-state index in [1.165, 1.54) is 5.56 Å². The van der Waals surface area contributed by atoms with Gasteiger partial charge in [0.2, 0.25) is 0 Å². The Hall–Kier alpha value is -3.34. The number of pyridine rings is 1. The lowest BCUT2D eigenvalue weighted by Crippen LogP contribution is -2.19. The van der Waals surface area contributed by atoms with Crippen molar-refractivity contribution in [3.05, 3.63) is 77.5 Å². The molecule has 2 heterocycles. The summed E-state index contributed by atoms with van der Waals surface area (Å²) in [5, 5.41) is 2.91. The highest BCUT2D eigenvalue weighted by Gasteiger charge is 2.21. The van der Waals surface area contributed by atoms with Crippen molar-refractivity contribution < 1.29 is 9.53 Å². The second-order valence-electron chi connectivity index (χ2n) is 6.57. The number of nitrogens with one attached hydrogen (secondary N) is 1. The summed E-state index contributed by atoms with van der Waals surface area (Å²) >= 11 is 0. The van der Waals surface area contributed by atoms with Crippen LogP contribution in [0.25, 0.3) is 0 Å². The summed E-state index contributed by atoms with van der Waals surface area (Å²) < 4.78 is 5.34. The van der Waals surface area contributed by atoms with Crippen LogP contribution in [0, 0.1) is 6.92 Å². The van der Waals surface area contributed by atoms with Crippen LogP contribution in [0.2, 0.25) is 0 Å². The average molecular weight is 359 g/mol. The van der Waals surface area contributed by atoms with Crippen molar-refractivity contribution in [1.29, 1.82) is 0 Å². The minimum absolute atomic E-state index is 0.256. The van der Waals surface area contributed by atoms with E-state index in [0.29, 0.717) is 17.1 Å². The predicted molar refractivity (Wildman–Crippen MR) is 107 cm³/mol. The summed E-state index contributed by atoms with van der Waals surface area (Å²) in [6.45, 7) is 2.84. The summed E-state index contributed by atoms with van der Waals surface area (Å²) in [4.78, 5) is 19.5. The molecular formula is C22H21N3O2. The first-order valence-electron chi connectivity index (χ1n) is 8.94. The van der Waals surface area contributed by atoms with Gasteiger partial charge in [0.1, 0.15) is 17.3 Å². The number of nitrogens with zero attached hydrogens (tertiary/aromatic N) is 2. The lowest BCUT2D eigenvalue weighted by atomic mass is 10.2. The summed E-state index contributed by atoms with van der Waals surface area (Å²) in [5.41, 5.74) is 4.52. The second kappa shape index (κ2) is 7.11. The third-order valence-electron chi connectivity index (χ3n) is 4.73. The van der Waals surface area contributed by atoms with Crippen molar-refractivity contribution >= 4 is 23.1 Å². The molecule has 0 bridgehead atoms. The Morgan fingerprint density at radius 2 is 1.96 bits per heavy atom. The number of amides is 1. The number of aromatic nitrogens is 1. The number of benzene rings is 2. The van der Waals surface area contributed by atoms with Gasteiger partial charge in [-0.05, 0) is 54.8 Å². The van der Waals surface area contributed by atoms with Crippen LogP contribution >= 0.6 is 0 Å². The van der Waals surface area contributed by atoms with Crippen LogP contribution in [-0.2, 0) is 6.42 Å². The monoisotopic (exact) mass is 359 g/mol. The van der Waals surface area contributed by atoms with E-state index in [-0.39, 0.29) is 5.91 Å². The minimum Gasteiger partial charge on any atom is -0.495 e. The summed E-state index contributed by atoms with van der Waals surface area (Å²) in [6.07, 6.45) is 0.981. The fourth-order valence-electron chi connectivity index (χ4n) is 3.38. The largest absolute Gasteiger partial charge is 0.495 e. The van der Waals surface area contributed by atoms with E-state index >= 15 is 0 Å². The number of anilines is 3. The molecule has 0 saturated heterocycles. The van der Waals surface area contributed by atoms with Crippen LogP contribution in [0.3, 0.4) is 0 Å². The molecule has 0 radical (unpaired) electrons. The van der Waals surface area contributed by atoms with Crippen LogP contribution < -0.4 is 15.0 Å². The van der Waals surface area contributed by atoms with Crippen LogP contribution in [-0.4, -0.2) is 24.5 Å². The number of para-hydroxylation sites is 1. The molecule has 0 aliphatic carbocycles. The molecule has 4 rings (SSSR count). The van der Waals surface area contributed by atoms with Gasteiger partial charge < -0.3 is 15.0 Å². The van der Waals surface area contributed by atoms with Crippen molar-refractivity contribution in [3.63, 3.8) is 0 Å². The zero-order valence-electron chi connectivity index (χ0n) is 15.4. The molecule has 5 heteroatoms. The van der Waals surface area contributed by atoms with Gasteiger partial charge in [0.05, 0.1) is 12.8 Å². The molecule has 1 N–H and O–H groups in total. The number of methoxy groups -OCH3 is 1. The Labute approximate surface area is 158 Å². The Morgan fingerprint density at radius 3 is 2.81 bits per heavy atom. The number of aryl methyl sites for hydroxylation is 1. The number of rotatable bonds is 4. The van der Waals surface area contributed by atoms with Crippen molar-refractivity contribution in [1.82, 2.24) is 4.98 Å². The molecule has 0 saturated carbocycles. The molecule has 1 aromatic heterocycles. The molecule has 1 amide bonds. The first kappa shape index (κ1) is 17.1. The number of ether oxygens (including phenoxy) is 1. The summed E-state index contributed by atoms with van der Waals surface area (Å²) in [6, 6.07) is 19.5. The van der Waals surface area contributed by atoms with Crippen molar-refractivity contribution in [2.75, 3.05) is 23.9 Å². The molecule has 136 valence electrons. The van der Waals surface area contributed by atoms with Crippen LogP contribution in [0.5, 0.6) is 5.75 Å². The Bertz CT molecular complexity index is 1000. The number of fused-ring (bicyclic) bond motifs is 1. The smallest absolute Gasteiger partial charge is 0.274 e. The fourth-order valence-corrected chi connectivity index (χ4v) is 3.38. The average Bonchev–Trinajstić information content (AvgIpc) is 3.12. The zero-order chi connectivity index (χ0) is 18.8. The van der Waals surface area contributed by atoms with Gasteiger partial charge in [0.25, 0.3) is 5.91 Å². The molecule has 2 aromatic carbocycles. The topological polar surface area (TPSA) is 54.5 Å². The Balaban J connectivity index is 1.60. The van der Waals surface area contributed by atoms with Crippen molar-refractivity contribution in [3.8, 4) is 5.75 Å². The maximum Gasteiger partial charge on any atom is 0.274 e. The van der Waals surface area contributed by atoms with Gasteiger partial charge in [-0.2, -0.15) is 0 Å². The molecule has 5 nitrogen and oxygen atoms in total. The maximum absolute atomic E-state index is 12.8. The van der Waals surface area contributed by atoms with Crippen molar-refractivity contribution in [2.45, 2.75) is 13.3 Å². The van der Waals surface area contributed by atoms with Crippen LogP contribution in [0.15, 0.2) is 60.7 Å². The zero-order valence-corrected chi connectivity index (χ0v) is 15.4. The number of carbonyl (C=O) groups excluding carboxylic acids is 1. The quantitative estimate of drug-likeness (QED) is 0.753. The Kier molecular flexibility index (Phi) is 4.50. The first-order chi connectivity index (χ1) is 13.2. The molecule has 3 aromatic rings. The van der Waals surface area contributed by atoms with E-state index in [9.17, 15) is 4.79 Å². The predicted octanol–water partition coefficient (Wildman–Crippen LogP) is 4.35. The van der Waals surface area contributed by atoms with Crippen LogP contribution in [0.1, 0.15) is 21.6 Å². The maximum atomic E-state index is 12.8. The van der Waals surface area contributed by atoms with Gasteiger partial charge >= 0.3 is 0 Å².